The van der Waals surface area contributed by atoms with E-state index in [0.717, 1.165) is 54.2 Å². The number of hydrogen-bond donors (Lipinski definition) is 3. The molecule has 3 atom stereocenters. The second kappa shape index (κ2) is 10.3. The van der Waals surface area contributed by atoms with Crippen LogP contribution in [0.4, 0.5) is 10.1 Å². The van der Waals surface area contributed by atoms with E-state index in [1.54, 1.807) is 12.1 Å². The number of aliphatic hydroxyl groups is 1. The molecule has 0 radical (unpaired) electrons. The highest BCUT2D eigenvalue weighted by molar-refractivity contribution is 5.95. The minimum atomic E-state index is -0.696. The summed E-state index contributed by atoms with van der Waals surface area (Å²) >= 11 is 0. The Kier molecular flexibility index (Phi) is 6.73. The molecule has 3 N–H and O–H groups in total. The standard InChI is InChI=1S/C31H34FN5O2/c1-3-19-14-27(24-10-12-33-30(24)34-17-19)37-13-11-22(18-37)36(2)26-9-8-21(15-25(26)32)31(39)35-29-23-7-5-4-6-20(23)16-28(29)38/h4-10,12,15,17,22,28-29,38H,3,11,13-14,16,18H2,1-2H3,(H,33,34)(H,35,39). The summed E-state index contributed by atoms with van der Waals surface area (Å²) in [5.41, 5.74) is 6.09. The summed E-state index contributed by atoms with van der Waals surface area (Å²) in [4.78, 5) is 25.3. The van der Waals surface area contributed by atoms with E-state index in [1.807, 2.05) is 48.6 Å². The van der Waals surface area contributed by atoms with Crippen LogP contribution in [0.5, 0.6) is 0 Å². The fourth-order valence-electron chi connectivity index (χ4n) is 6.12. The first-order valence-corrected chi connectivity index (χ1v) is 13.7. The molecule has 3 heterocycles. The number of likely N-dealkylation sites (tertiary alicyclic amines) is 1. The van der Waals surface area contributed by atoms with Gasteiger partial charge in [-0.1, -0.05) is 31.2 Å². The summed E-state index contributed by atoms with van der Waals surface area (Å²) in [5.74, 6) is -0.825. The third-order valence-electron chi connectivity index (χ3n) is 8.43. The maximum Gasteiger partial charge on any atom is 0.251 e. The average molecular weight is 528 g/mol. The van der Waals surface area contributed by atoms with Crippen LogP contribution in [0.2, 0.25) is 0 Å². The van der Waals surface area contributed by atoms with Crippen LogP contribution in [-0.4, -0.2) is 53.2 Å². The van der Waals surface area contributed by atoms with E-state index >= 15 is 4.39 Å². The minimum Gasteiger partial charge on any atom is -0.390 e. The van der Waals surface area contributed by atoms with E-state index in [2.05, 4.69) is 33.2 Å². The van der Waals surface area contributed by atoms with Gasteiger partial charge in [-0.3, -0.25) is 4.79 Å². The highest BCUT2D eigenvalue weighted by Gasteiger charge is 2.33. The monoisotopic (exact) mass is 527 g/mol. The van der Waals surface area contributed by atoms with Crippen molar-refractivity contribution in [3.05, 3.63) is 99.7 Å². The molecule has 39 heavy (non-hydrogen) atoms. The molecule has 1 aromatic heterocycles. The molecule has 3 unspecified atom stereocenters. The van der Waals surface area contributed by atoms with Crippen molar-refractivity contribution in [2.45, 2.75) is 50.8 Å². The van der Waals surface area contributed by atoms with Gasteiger partial charge in [-0.15, -0.1) is 0 Å². The summed E-state index contributed by atoms with van der Waals surface area (Å²) in [6, 6.07) is 14.1. The molecule has 1 aliphatic carbocycles. The van der Waals surface area contributed by atoms with Crippen molar-refractivity contribution in [2.75, 3.05) is 25.0 Å². The largest absolute Gasteiger partial charge is 0.390 e. The first-order chi connectivity index (χ1) is 18.9. The van der Waals surface area contributed by atoms with E-state index in [4.69, 9.17) is 0 Å². The summed E-state index contributed by atoms with van der Waals surface area (Å²) in [6.07, 6.45) is 6.42. The van der Waals surface area contributed by atoms with Crippen LogP contribution in [0.1, 0.15) is 53.7 Å². The van der Waals surface area contributed by atoms with E-state index in [0.29, 0.717) is 12.1 Å². The van der Waals surface area contributed by atoms with Crippen molar-refractivity contribution in [3.63, 3.8) is 0 Å². The van der Waals surface area contributed by atoms with Gasteiger partial charge in [0, 0.05) is 67.9 Å². The van der Waals surface area contributed by atoms with Crippen molar-refractivity contribution in [2.24, 2.45) is 4.99 Å². The number of nitrogens with zero attached hydrogens (tertiary/aromatic N) is 3. The van der Waals surface area contributed by atoms with E-state index < -0.39 is 23.9 Å². The first-order valence-electron chi connectivity index (χ1n) is 13.7. The van der Waals surface area contributed by atoms with Gasteiger partial charge in [0.25, 0.3) is 5.91 Å². The number of aliphatic hydroxyl groups excluding tert-OH is 1. The van der Waals surface area contributed by atoms with Crippen molar-refractivity contribution in [1.29, 1.82) is 0 Å². The van der Waals surface area contributed by atoms with Gasteiger partial charge >= 0.3 is 0 Å². The van der Waals surface area contributed by atoms with Crippen LogP contribution in [0.3, 0.4) is 0 Å². The second-order valence-corrected chi connectivity index (χ2v) is 10.7. The van der Waals surface area contributed by atoms with Crippen molar-refractivity contribution in [3.8, 4) is 0 Å². The number of benzene rings is 2. The maximum atomic E-state index is 15.4. The Morgan fingerprint density at radius 3 is 2.92 bits per heavy atom. The van der Waals surface area contributed by atoms with Gasteiger partial charge in [0.05, 0.1) is 17.8 Å². The Balaban J connectivity index is 1.16. The van der Waals surface area contributed by atoms with Crippen molar-refractivity contribution < 1.29 is 14.3 Å². The van der Waals surface area contributed by atoms with Gasteiger partial charge in [-0.25, -0.2) is 9.38 Å². The molecule has 8 heteroatoms. The maximum absolute atomic E-state index is 15.4. The molecule has 0 spiro atoms. The van der Waals surface area contributed by atoms with Gasteiger partial charge in [0.15, 0.2) is 0 Å². The Hall–Kier alpha value is -3.91. The van der Waals surface area contributed by atoms with Gasteiger partial charge < -0.3 is 25.2 Å². The molecule has 6 rings (SSSR count). The average Bonchev–Trinajstić information content (AvgIpc) is 3.66. The summed E-state index contributed by atoms with van der Waals surface area (Å²) in [6.45, 7) is 3.83. The third-order valence-corrected chi connectivity index (χ3v) is 8.43. The summed E-state index contributed by atoms with van der Waals surface area (Å²) in [5, 5.41) is 14.5. The zero-order valence-corrected chi connectivity index (χ0v) is 22.3. The zero-order valence-electron chi connectivity index (χ0n) is 22.3. The van der Waals surface area contributed by atoms with E-state index in [9.17, 15) is 9.90 Å². The summed E-state index contributed by atoms with van der Waals surface area (Å²) < 4.78 is 15.4. The van der Waals surface area contributed by atoms with Gasteiger partial charge in [-0.05, 0) is 53.8 Å². The number of aromatic nitrogens is 1. The Morgan fingerprint density at radius 2 is 2.10 bits per heavy atom. The fourth-order valence-corrected chi connectivity index (χ4v) is 6.12. The minimum absolute atomic E-state index is 0.133. The molecule has 1 fully saturated rings. The highest BCUT2D eigenvalue weighted by atomic mass is 19.1. The Morgan fingerprint density at radius 1 is 1.26 bits per heavy atom. The molecule has 1 saturated heterocycles. The van der Waals surface area contributed by atoms with Gasteiger partial charge in [0.2, 0.25) is 0 Å². The topological polar surface area (TPSA) is 84.0 Å². The van der Waals surface area contributed by atoms with Crippen LogP contribution in [-0.2, 0) is 6.42 Å². The molecule has 7 nitrogen and oxygen atoms in total. The van der Waals surface area contributed by atoms with Crippen LogP contribution in [0.15, 0.2) is 71.5 Å². The highest BCUT2D eigenvalue weighted by Crippen LogP contribution is 2.32. The number of fused-ring (bicyclic) bond motifs is 2. The molecule has 202 valence electrons. The molecule has 3 aromatic rings. The zero-order chi connectivity index (χ0) is 27.1. The number of hydrogen-bond acceptors (Lipinski definition) is 5. The molecule has 1 amide bonds. The number of aromatic amines is 1. The molecular weight excluding hydrogens is 493 g/mol. The lowest BCUT2D eigenvalue weighted by Gasteiger charge is -2.29. The number of halogens is 1. The van der Waals surface area contributed by atoms with Crippen LogP contribution >= 0.6 is 0 Å². The number of carbonyl (C=O) groups excluding carboxylic acids is 1. The second-order valence-electron chi connectivity index (χ2n) is 10.7. The predicted molar refractivity (Wildman–Crippen MR) is 149 cm³/mol. The Bertz CT molecular complexity index is 1560. The lowest BCUT2D eigenvalue weighted by atomic mass is 10.1. The van der Waals surface area contributed by atoms with Crippen molar-refractivity contribution >= 4 is 17.3 Å². The molecule has 2 aromatic carbocycles. The first kappa shape index (κ1) is 25.4. The predicted octanol–water partition coefficient (Wildman–Crippen LogP) is 3.18. The van der Waals surface area contributed by atoms with Crippen LogP contribution < -0.4 is 20.9 Å². The molecule has 2 aliphatic heterocycles. The quantitative estimate of drug-likeness (QED) is 0.460. The summed E-state index contributed by atoms with van der Waals surface area (Å²) in [7, 11) is 1.92. The van der Waals surface area contributed by atoms with Gasteiger partial charge in [-0.2, -0.15) is 0 Å². The molecule has 0 bridgehead atoms. The van der Waals surface area contributed by atoms with Crippen molar-refractivity contribution in [1.82, 2.24) is 15.2 Å². The van der Waals surface area contributed by atoms with E-state index in [-0.39, 0.29) is 11.6 Å². The lowest BCUT2D eigenvalue weighted by molar-refractivity contribution is 0.0858. The lowest BCUT2D eigenvalue weighted by Crippen LogP contribution is -2.37. The number of H-pyrrole nitrogens is 1. The van der Waals surface area contributed by atoms with Crippen LogP contribution in [0, 0.1) is 5.82 Å². The number of amides is 1. The molecule has 0 saturated carbocycles. The Labute approximate surface area is 227 Å². The fraction of sp³-hybridized carbons (Fsp3) is 0.355. The molecular formula is C31H34FN5O2. The number of carbonyl (C=O) groups is 1. The number of nitrogens with one attached hydrogen (secondary N) is 2. The third kappa shape index (κ3) is 4.74. The SMILES string of the molecule is CCC1=CN=c2[nH]ccc2=C(N2CCC(N(C)c3ccc(C(=O)NC4c5ccccc5CC4O)cc3F)C2)C1. The number of likely N-dealkylation sites (N-methyl/N-ethyl adjacent to an activating group) is 1. The number of rotatable bonds is 6. The molecule has 3 aliphatic rings. The number of anilines is 1. The van der Waals surface area contributed by atoms with Gasteiger partial charge in [0.1, 0.15) is 11.3 Å². The normalized spacial score (nSPS) is 22.1. The van der Waals surface area contributed by atoms with Crippen LogP contribution in [0.25, 0.3) is 5.70 Å². The van der Waals surface area contributed by atoms with E-state index in [1.165, 1.54) is 17.3 Å². The smallest absolute Gasteiger partial charge is 0.251 e.